The van der Waals surface area contributed by atoms with Crippen LogP contribution in [0.3, 0.4) is 0 Å². The molecule has 230 valence electrons. The summed E-state index contributed by atoms with van der Waals surface area (Å²) in [6.07, 6.45) is 1.22. The predicted octanol–water partition coefficient (Wildman–Crippen LogP) is 2.90. The number of aryl methyl sites for hydroxylation is 1. The number of nitrogens with zero attached hydrogens (tertiary/aromatic N) is 1. The fourth-order valence-electron chi connectivity index (χ4n) is 5.94. The molecule has 9 nitrogen and oxygen atoms in total. The van der Waals surface area contributed by atoms with Crippen molar-refractivity contribution in [2.75, 3.05) is 13.1 Å². The van der Waals surface area contributed by atoms with Gasteiger partial charge >= 0.3 is 12.1 Å². The third-order valence-corrected chi connectivity index (χ3v) is 8.46. The van der Waals surface area contributed by atoms with E-state index < -0.39 is 17.7 Å². The average molecular weight is 608 g/mol. The predicted molar refractivity (Wildman–Crippen MR) is 167 cm³/mol. The summed E-state index contributed by atoms with van der Waals surface area (Å²) in [5.41, 5.74) is 5.93. The van der Waals surface area contributed by atoms with E-state index in [1.165, 1.54) is 0 Å². The standard InChI is InChI=1S/C36H35N3O6/c1-25-20-30(33(40)38-18-16-36(43,17-19-38)22-26-6-3-2-4-7-26)12-15-32(25)29-9-5-8-28(21-29)24-44-31-13-10-27(11-14-31)23-39-34(41)37-35(42)45-39/h2-15,20-21,43H,16-19,22-24H2,1H3,(H,37,41,42)/p+2. The summed E-state index contributed by atoms with van der Waals surface area (Å²) in [4.78, 5) is 34.2. The molecule has 1 saturated heterocycles. The summed E-state index contributed by atoms with van der Waals surface area (Å²) >= 11 is 0. The maximum absolute atomic E-state index is 13.4. The van der Waals surface area contributed by atoms with Gasteiger partial charge in [-0.3, -0.25) is 4.79 Å². The number of quaternary nitrogens is 1. The molecule has 0 radical (unpaired) electrons. The van der Waals surface area contributed by atoms with Crippen LogP contribution in [0.25, 0.3) is 11.1 Å². The number of ether oxygens (including phenoxy) is 1. The fourth-order valence-corrected chi connectivity index (χ4v) is 5.94. The Morgan fingerprint density at radius 2 is 1.67 bits per heavy atom. The number of amides is 3. The first-order valence-corrected chi connectivity index (χ1v) is 15.1. The SMILES string of the molecule is Cc1cc(C(=O)N2CCC(O)(Cc3ccccc3)CC2)ccc1-c1cccc(COc2ccc(C[NH+]3OC(O)=[NH+]C3=O)cc2)c1. The summed E-state index contributed by atoms with van der Waals surface area (Å²) in [5.74, 6) is 0.685. The van der Waals surface area contributed by atoms with Gasteiger partial charge in [0.2, 0.25) is 0 Å². The van der Waals surface area contributed by atoms with Crippen molar-refractivity contribution in [3.8, 4) is 16.9 Å². The van der Waals surface area contributed by atoms with Gasteiger partial charge in [0.15, 0.2) is 6.54 Å². The van der Waals surface area contributed by atoms with Crippen LogP contribution < -0.4 is 14.8 Å². The van der Waals surface area contributed by atoms with Crippen LogP contribution in [0, 0.1) is 6.92 Å². The molecule has 9 heteroatoms. The van der Waals surface area contributed by atoms with E-state index in [0.29, 0.717) is 50.3 Å². The van der Waals surface area contributed by atoms with Crippen molar-refractivity contribution in [3.05, 3.63) is 125 Å². The zero-order valence-corrected chi connectivity index (χ0v) is 25.2. The monoisotopic (exact) mass is 607 g/mol. The van der Waals surface area contributed by atoms with Gasteiger partial charge in [0.25, 0.3) is 5.91 Å². The first kappa shape index (κ1) is 30.1. The highest BCUT2D eigenvalue weighted by molar-refractivity contribution is 5.95. The molecule has 4 aromatic carbocycles. The molecule has 45 heavy (non-hydrogen) atoms. The van der Waals surface area contributed by atoms with Gasteiger partial charge in [0.05, 0.1) is 5.60 Å². The van der Waals surface area contributed by atoms with Gasteiger partial charge in [-0.05, 0) is 100 Å². The number of piperidine rings is 1. The van der Waals surface area contributed by atoms with E-state index in [1.807, 2.05) is 96.8 Å². The number of urea groups is 1. The summed E-state index contributed by atoms with van der Waals surface area (Å²) in [5, 5.41) is 20.6. The summed E-state index contributed by atoms with van der Waals surface area (Å²) < 4.78 is 6.01. The molecule has 4 aromatic rings. The lowest BCUT2D eigenvalue weighted by Crippen LogP contribution is -3.16. The number of rotatable bonds is 9. The molecule has 0 aromatic heterocycles. The molecule has 2 heterocycles. The molecule has 4 N–H and O–H groups in total. The maximum Gasteiger partial charge on any atom is 0.638 e. The molecule has 0 spiro atoms. The number of aliphatic hydroxyl groups excluding tert-OH is 1. The van der Waals surface area contributed by atoms with Crippen LogP contribution in [-0.2, 0) is 24.4 Å². The van der Waals surface area contributed by atoms with E-state index >= 15 is 0 Å². The highest BCUT2D eigenvalue weighted by atomic mass is 16.8. The van der Waals surface area contributed by atoms with E-state index in [2.05, 4.69) is 17.1 Å². The second-order valence-electron chi connectivity index (χ2n) is 11.8. The summed E-state index contributed by atoms with van der Waals surface area (Å²) in [6, 6.07) is 30.9. The lowest BCUT2D eigenvalue weighted by molar-refractivity contribution is -1.02. The highest BCUT2D eigenvalue weighted by Crippen LogP contribution is 2.29. The Kier molecular flexibility index (Phi) is 8.64. The quantitative estimate of drug-likeness (QED) is 0.233. The Morgan fingerprint density at radius 3 is 2.36 bits per heavy atom. The van der Waals surface area contributed by atoms with Gasteiger partial charge in [-0.15, -0.1) is 0 Å². The Morgan fingerprint density at radius 1 is 0.933 bits per heavy atom. The number of carbonyl (C=O) groups excluding carboxylic acids is 2. The maximum atomic E-state index is 13.4. The molecule has 2 aliphatic rings. The number of nitrogens with one attached hydrogen (secondary N) is 2. The number of benzene rings is 4. The van der Waals surface area contributed by atoms with Gasteiger partial charge < -0.3 is 19.8 Å². The smallest absolute Gasteiger partial charge is 0.489 e. The molecule has 2 aliphatic heterocycles. The minimum absolute atomic E-state index is 0.00584. The molecular formula is C36H37N3O6+2. The summed E-state index contributed by atoms with van der Waals surface area (Å²) in [6.45, 7) is 3.71. The third-order valence-electron chi connectivity index (χ3n) is 8.46. The summed E-state index contributed by atoms with van der Waals surface area (Å²) in [7, 11) is 0. The number of aliphatic hydroxyl groups is 2. The average Bonchev–Trinajstić information content (AvgIpc) is 3.36. The van der Waals surface area contributed by atoms with Crippen LogP contribution in [0.1, 0.15) is 45.5 Å². The second-order valence-corrected chi connectivity index (χ2v) is 11.8. The van der Waals surface area contributed by atoms with Gasteiger partial charge in [-0.25, -0.2) is 0 Å². The van der Waals surface area contributed by atoms with Crippen LogP contribution in [-0.4, -0.2) is 51.8 Å². The highest BCUT2D eigenvalue weighted by Gasteiger charge is 2.40. The van der Waals surface area contributed by atoms with Crippen molar-refractivity contribution in [2.45, 2.75) is 44.9 Å². The van der Waals surface area contributed by atoms with Gasteiger partial charge in [0, 0.05) is 30.6 Å². The molecule has 6 rings (SSSR count). The van der Waals surface area contributed by atoms with Crippen molar-refractivity contribution < 1.29 is 39.4 Å². The van der Waals surface area contributed by atoms with Crippen molar-refractivity contribution in [1.82, 2.24) is 4.90 Å². The van der Waals surface area contributed by atoms with Gasteiger partial charge in [0.1, 0.15) is 12.4 Å². The fraction of sp³-hybridized carbons (Fsp3) is 0.250. The molecule has 1 fully saturated rings. The number of carbonyl (C=O) groups is 2. The molecular weight excluding hydrogens is 570 g/mol. The number of likely N-dealkylation sites (tertiary alicyclic amines) is 1. The van der Waals surface area contributed by atoms with Crippen LogP contribution in [0.5, 0.6) is 5.75 Å². The van der Waals surface area contributed by atoms with Gasteiger partial charge in [-0.2, -0.15) is 9.63 Å². The molecule has 3 amide bonds. The first-order chi connectivity index (χ1) is 21.7. The molecule has 0 aliphatic carbocycles. The Labute approximate surface area is 261 Å². The number of hydrogen-bond donors (Lipinski definition) is 4. The van der Waals surface area contributed by atoms with E-state index in [9.17, 15) is 19.8 Å². The second kappa shape index (κ2) is 12.9. The molecule has 1 atom stereocenters. The normalized spacial score (nSPS) is 17.5. The molecule has 1 unspecified atom stereocenters. The Balaban J connectivity index is 1.04. The van der Waals surface area contributed by atoms with Crippen LogP contribution in [0.2, 0.25) is 0 Å². The van der Waals surface area contributed by atoms with Crippen molar-refractivity contribution >= 4 is 18.0 Å². The first-order valence-electron chi connectivity index (χ1n) is 15.1. The molecule has 0 saturated carbocycles. The number of hydroxylamine groups is 2. The van der Waals surface area contributed by atoms with Crippen LogP contribution in [0.4, 0.5) is 4.79 Å². The lowest BCUT2D eigenvalue weighted by Gasteiger charge is -2.38. The van der Waals surface area contributed by atoms with Crippen LogP contribution in [0.15, 0.2) is 97.1 Å². The minimum atomic E-state index is -0.788. The Bertz CT molecular complexity index is 1710. The van der Waals surface area contributed by atoms with E-state index in [0.717, 1.165) is 33.4 Å². The zero-order chi connectivity index (χ0) is 31.4. The molecule has 0 bridgehead atoms. The van der Waals surface area contributed by atoms with E-state index in [1.54, 1.807) is 0 Å². The number of hydrogen-bond acceptors (Lipinski definition) is 5. The third kappa shape index (κ3) is 7.22. The van der Waals surface area contributed by atoms with Crippen molar-refractivity contribution in [2.24, 2.45) is 0 Å². The van der Waals surface area contributed by atoms with Crippen LogP contribution >= 0.6 is 0 Å². The zero-order valence-electron chi connectivity index (χ0n) is 25.2. The largest absolute Gasteiger partial charge is 0.638 e. The van der Waals surface area contributed by atoms with Crippen molar-refractivity contribution in [3.63, 3.8) is 0 Å². The van der Waals surface area contributed by atoms with E-state index in [4.69, 9.17) is 9.57 Å². The van der Waals surface area contributed by atoms with E-state index in [-0.39, 0.29) is 17.5 Å². The van der Waals surface area contributed by atoms with Crippen molar-refractivity contribution in [1.29, 1.82) is 0 Å². The van der Waals surface area contributed by atoms with Gasteiger partial charge in [-0.1, -0.05) is 54.6 Å². The Hall–Kier alpha value is -4.99. The minimum Gasteiger partial charge on any atom is -0.489 e. The lowest BCUT2D eigenvalue weighted by atomic mass is 9.85. The topological polar surface area (TPSA) is 115 Å².